The quantitative estimate of drug-likeness (QED) is 0.662. The van der Waals surface area contributed by atoms with Gasteiger partial charge in [-0.15, -0.1) is 13.2 Å². The first-order valence-corrected chi connectivity index (χ1v) is 8.66. The normalized spacial score (nSPS) is 30.9. The fraction of sp³-hybridized carbons (Fsp3) is 0.167. The zero-order valence-electron chi connectivity index (χ0n) is 14.9. The summed E-state index contributed by atoms with van der Waals surface area (Å²) in [6.07, 6.45) is 6.36. The van der Waals surface area contributed by atoms with E-state index in [4.69, 9.17) is 9.47 Å². The molecule has 1 aliphatic rings. The molecule has 0 radical (unpaired) electrons. The van der Waals surface area contributed by atoms with Crippen molar-refractivity contribution in [2.75, 3.05) is 0 Å². The van der Waals surface area contributed by atoms with Crippen molar-refractivity contribution in [1.82, 2.24) is 0 Å². The fourth-order valence-electron chi connectivity index (χ4n) is 3.67. The lowest BCUT2D eigenvalue weighted by Crippen LogP contribution is -2.59. The summed E-state index contributed by atoms with van der Waals surface area (Å²) in [4.78, 5) is 0. The van der Waals surface area contributed by atoms with Crippen molar-refractivity contribution in [1.29, 1.82) is 0 Å². The number of benzene rings is 2. The summed E-state index contributed by atoms with van der Waals surface area (Å²) in [5.74, 6) is 0. The first-order valence-electron chi connectivity index (χ1n) is 8.66. The number of hydrogen-bond donors (Lipinski definition) is 0. The van der Waals surface area contributed by atoms with Crippen LogP contribution in [0.5, 0.6) is 0 Å². The van der Waals surface area contributed by atoms with Crippen molar-refractivity contribution < 1.29 is 9.47 Å². The largest absolute Gasteiger partial charge is 0.352 e. The molecule has 0 aliphatic carbocycles. The van der Waals surface area contributed by atoms with Crippen LogP contribution in [0, 0.1) is 0 Å². The number of ether oxygens (including phenoxy) is 2. The Kier molecular flexibility index (Phi) is 5.08. The van der Waals surface area contributed by atoms with Gasteiger partial charge in [0.1, 0.15) is 23.4 Å². The lowest BCUT2D eigenvalue weighted by molar-refractivity contribution is -0.272. The lowest BCUT2D eigenvalue weighted by atomic mass is 9.71. The molecule has 1 aliphatic heterocycles. The molecule has 2 heteroatoms. The maximum absolute atomic E-state index is 6.62. The molecule has 4 atom stereocenters. The number of rotatable bonds is 6. The predicted octanol–water partition coefficient (Wildman–Crippen LogP) is 5.31. The van der Waals surface area contributed by atoms with Crippen LogP contribution in [0.3, 0.4) is 0 Å². The maximum atomic E-state index is 6.62. The van der Waals surface area contributed by atoms with E-state index in [2.05, 4.69) is 26.3 Å². The van der Waals surface area contributed by atoms with E-state index in [-0.39, 0.29) is 12.2 Å². The smallest absolute Gasteiger partial charge is 0.149 e. The summed E-state index contributed by atoms with van der Waals surface area (Å²) in [7, 11) is 0. The van der Waals surface area contributed by atoms with Gasteiger partial charge in [0.15, 0.2) is 0 Å². The summed E-state index contributed by atoms with van der Waals surface area (Å²) < 4.78 is 13.2. The van der Waals surface area contributed by atoms with E-state index >= 15 is 0 Å². The van der Waals surface area contributed by atoms with Crippen LogP contribution < -0.4 is 0 Å². The molecule has 3 rings (SSSR count). The van der Waals surface area contributed by atoms with Gasteiger partial charge in [0.25, 0.3) is 0 Å². The average Bonchev–Trinajstić information content (AvgIpc) is 2.73. The van der Waals surface area contributed by atoms with Crippen molar-refractivity contribution in [3.63, 3.8) is 0 Å². The zero-order chi connectivity index (χ0) is 18.6. The van der Waals surface area contributed by atoms with E-state index in [1.807, 2.05) is 60.7 Å². The van der Waals surface area contributed by atoms with E-state index in [1.54, 1.807) is 24.3 Å². The van der Waals surface area contributed by atoms with Crippen LogP contribution in [0.1, 0.15) is 11.1 Å². The van der Waals surface area contributed by atoms with Crippen LogP contribution in [0.15, 0.2) is 111 Å². The Balaban J connectivity index is 2.32. The second-order valence-corrected chi connectivity index (χ2v) is 6.25. The van der Waals surface area contributed by atoms with E-state index in [0.717, 1.165) is 11.1 Å². The molecule has 0 bridgehead atoms. The third-order valence-corrected chi connectivity index (χ3v) is 4.96. The maximum Gasteiger partial charge on any atom is 0.149 e. The Morgan fingerprint density at radius 1 is 0.615 bits per heavy atom. The summed E-state index contributed by atoms with van der Waals surface area (Å²) >= 11 is 0. The molecule has 2 aromatic carbocycles. The molecule has 0 spiro atoms. The highest BCUT2D eigenvalue weighted by Crippen LogP contribution is 2.53. The minimum atomic E-state index is -0.963. The van der Waals surface area contributed by atoms with Crippen molar-refractivity contribution in [2.45, 2.75) is 23.4 Å². The first-order chi connectivity index (χ1) is 12.7. The van der Waals surface area contributed by atoms with E-state index in [9.17, 15) is 0 Å². The molecule has 26 heavy (non-hydrogen) atoms. The molecular formula is C24H24O2. The summed E-state index contributed by atoms with van der Waals surface area (Å²) in [6.45, 7) is 16.0. The third kappa shape index (κ3) is 2.59. The van der Waals surface area contributed by atoms with Crippen LogP contribution in [-0.2, 0) is 20.7 Å². The van der Waals surface area contributed by atoms with Gasteiger partial charge in [-0.05, 0) is 11.1 Å². The molecule has 2 aromatic rings. The average molecular weight is 344 g/mol. The van der Waals surface area contributed by atoms with Crippen molar-refractivity contribution in [2.24, 2.45) is 0 Å². The lowest BCUT2D eigenvalue weighted by Gasteiger charge is -2.54. The van der Waals surface area contributed by atoms with Gasteiger partial charge in [-0.25, -0.2) is 0 Å². The molecule has 2 nitrogen and oxygen atoms in total. The topological polar surface area (TPSA) is 18.5 Å². The van der Waals surface area contributed by atoms with Gasteiger partial charge in [-0.1, -0.05) is 98.1 Å². The van der Waals surface area contributed by atoms with Gasteiger partial charge in [-0.3, -0.25) is 0 Å². The predicted molar refractivity (Wildman–Crippen MR) is 107 cm³/mol. The van der Waals surface area contributed by atoms with Gasteiger partial charge >= 0.3 is 0 Å². The highest BCUT2D eigenvalue weighted by Gasteiger charge is 2.58. The molecule has 1 fully saturated rings. The first kappa shape index (κ1) is 18.1. The Bertz CT molecular complexity index is 726. The van der Waals surface area contributed by atoms with Crippen molar-refractivity contribution >= 4 is 0 Å². The van der Waals surface area contributed by atoms with Crippen LogP contribution in [0.2, 0.25) is 0 Å². The summed E-state index contributed by atoms with van der Waals surface area (Å²) in [5.41, 5.74) is -0.0490. The van der Waals surface area contributed by atoms with Gasteiger partial charge in [-0.2, -0.15) is 0 Å². The van der Waals surface area contributed by atoms with Crippen molar-refractivity contribution in [3.05, 3.63) is 122 Å². The Hall–Kier alpha value is -2.68. The fourth-order valence-corrected chi connectivity index (χ4v) is 3.67. The van der Waals surface area contributed by atoms with Crippen molar-refractivity contribution in [3.8, 4) is 0 Å². The molecule has 0 N–H and O–H groups in total. The minimum Gasteiger partial charge on any atom is -0.352 e. The summed E-state index contributed by atoms with van der Waals surface area (Å²) in [6, 6.07) is 19.9. The number of hydrogen-bond acceptors (Lipinski definition) is 2. The highest BCUT2D eigenvalue weighted by atomic mass is 16.6. The molecule has 0 amide bonds. The molecule has 1 saturated heterocycles. The second-order valence-electron chi connectivity index (χ2n) is 6.25. The molecule has 1 heterocycles. The van der Waals surface area contributed by atoms with Crippen LogP contribution >= 0.6 is 0 Å². The van der Waals surface area contributed by atoms with Crippen LogP contribution in [-0.4, -0.2) is 12.2 Å². The van der Waals surface area contributed by atoms with E-state index in [0.29, 0.717) is 0 Å². The molecule has 132 valence electrons. The van der Waals surface area contributed by atoms with Gasteiger partial charge in [0.05, 0.1) is 0 Å². The SMILES string of the molecule is C=CC1OC(C=C)(c2ccccc2)C(C=C)(c2ccccc2)OC1C=C. The van der Waals surface area contributed by atoms with Gasteiger partial charge in [0.2, 0.25) is 0 Å². The van der Waals surface area contributed by atoms with Gasteiger partial charge < -0.3 is 9.47 Å². The standard InChI is InChI=1S/C24H24O2/c1-5-21-22(6-2)26-24(8-4,20-17-13-10-14-18-20)23(7-3,25-21)19-15-11-9-12-16-19/h5-18,21-22H,1-4H2. The van der Waals surface area contributed by atoms with E-state index < -0.39 is 11.2 Å². The summed E-state index contributed by atoms with van der Waals surface area (Å²) in [5, 5.41) is 0. The molecule has 0 aromatic heterocycles. The molecule has 4 unspecified atom stereocenters. The zero-order valence-corrected chi connectivity index (χ0v) is 14.9. The highest BCUT2D eigenvalue weighted by molar-refractivity contribution is 5.43. The Morgan fingerprint density at radius 3 is 1.23 bits per heavy atom. The van der Waals surface area contributed by atoms with Crippen LogP contribution in [0.25, 0.3) is 0 Å². The van der Waals surface area contributed by atoms with Crippen LogP contribution in [0.4, 0.5) is 0 Å². The molecule has 0 saturated carbocycles. The Labute approximate surface area is 155 Å². The Morgan fingerprint density at radius 2 is 0.962 bits per heavy atom. The van der Waals surface area contributed by atoms with E-state index in [1.165, 1.54) is 0 Å². The molecular weight excluding hydrogens is 320 g/mol. The van der Waals surface area contributed by atoms with Gasteiger partial charge in [0, 0.05) is 0 Å². The minimum absolute atomic E-state index is 0.359. The second kappa shape index (κ2) is 7.28. The monoisotopic (exact) mass is 344 g/mol. The third-order valence-electron chi connectivity index (χ3n) is 4.96.